The molecule has 3 rings (SSSR count). The van der Waals surface area contributed by atoms with Crippen LogP contribution in [0.2, 0.25) is 10.0 Å². The Kier molecular flexibility index (Phi) is 8.25. The molecule has 8 heteroatoms. The van der Waals surface area contributed by atoms with Gasteiger partial charge < -0.3 is 15.0 Å². The molecule has 0 aliphatic heterocycles. The number of aromatic nitrogens is 1. The van der Waals surface area contributed by atoms with Gasteiger partial charge in [-0.2, -0.15) is 0 Å². The largest absolute Gasteiger partial charge is 0.477 e. The van der Waals surface area contributed by atoms with E-state index in [0.717, 1.165) is 12.0 Å². The Morgan fingerprint density at radius 3 is 2.23 bits per heavy atom. The van der Waals surface area contributed by atoms with Crippen molar-refractivity contribution in [1.82, 2.24) is 4.57 Å². The molecule has 0 saturated carbocycles. The van der Waals surface area contributed by atoms with Crippen molar-refractivity contribution >= 4 is 52.0 Å². The maximum Gasteiger partial charge on any atom is 0.341 e. The normalized spacial score (nSPS) is 10.7. The van der Waals surface area contributed by atoms with Gasteiger partial charge in [0, 0.05) is 28.2 Å². The van der Waals surface area contributed by atoms with Crippen molar-refractivity contribution in [3.63, 3.8) is 0 Å². The Bertz CT molecular complexity index is 1170. The van der Waals surface area contributed by atoms with Crippen LogP contribution in [0.1, 0.15) is 54.5 Å². The van der Waals surface area contributed by atoms with E-state index in [0.29, 0.717) is 26.5 Å². The molecule has 2 aromatic carbocycles. The topological polar surface area (TPSA) is 88.4 Å². The van der Waals surface area contributed by atoms with Gasteiger partial charge in [0.1, 0.15) is 5.56 Å². The summed E-state index contributed by atoms with van der Waals surface area (Å²) < 4.78 is 1.45. The van der Waals surface area contributed by atoms with Crippen LogP contribution in [-0.4, -0.2) is 28.0 Å². The average molecular weight is 463 g/mol. The second-order valence-corrected chi connectivity index (χ2v) is 8.24. The Balaban J connectivity index is 0.000000233. The predicted octanol–water partition coefficient (Wildman–Crippen LogP) is 5.91. The second kappa shape index (κ2) is 10.5. The van der Waals surface area contributed by atoms with Crippen LogP contribution in [0, 0.1) is 0 Å². The van der Waals surface area contributed by atoms with Crippen molar-refractivity contribution in [2.45, 2.75) is 39.8 Å². The summed E-state index contributed by atoms with van der Waals surface area (Å²) in [6, 6.07) is 12.0. The highest BCUT2D eigenvalue weighted by Gasteiger charge is 2.17. The first kappa shape index (κ1) is 24.4. The molecule has 0 aliphatic carbocycles. The maximum absolute atomic E-state index is 12.1. The van der Waals surface area contributed by atoms with Crippen LogP contribution < -0.4 is 10.9 Å². The lowest BCUT2D eigenvalue weighted by molar-refractivity contribution is 0.0694. The van der Waals surface area contributed by atoms with E-state index in [4.69, 9.17) is 28.3 Å². The van der Waals surface area contributed by atoms with Gasteiger partial charge in [0.25, 0.3) is 5.56 Å². The minimum absolute atomic E-state index is 0.141. The van der Waals surface area contributed by atoms with Gasteiger partial charge in [0.05, 0.1) is 16.1 Å². The van der Waals surface area contributed by atoms with E-state index in [1.807, 2.05) is 39.8 Å². The minimum Gasteiger partial charge on any atom is -0.477 e. The van der Waals surface area contributed by atoms with Crippen LogP contribution in [0.25, 0.3) is 10.9 Å². The molecule has 0 bridgehead atoms. The molecule has 31 heavy (non-hydrogen) atoms. The zero-order chi connectivity index (χ0) is 23.3. The highest BCUT2D eigenvalue weighted by atomic mass is 35.5. The lowest BCUT2D eigenvalue weighted by Crippen LogP contribution is -2.28. The van der Waals surface area contributed by atoms with E-state index in [-0.39, 0.29) is 17.6 Å². The molecule has 2 N–H and O–H groups in total. The number of rotatable bonds is 5. The molecule has 6 nitrogen and oxygen atoms in total. The van der Waals surface area contributed by atoms with Crippen LogP contribution in [0.4, 0.5) is 5.69 Å². The Hall–Kier alpha value is -2.83. The van der Waals surface area contributed by atoms with Gasteiger partial charge >= 0.3 is 5.97 Å². The van der Waals surface area contributed by atoms with E-state index in [1.165, 1.54) is 10.6 Å². The lowest BCUT2D eigenvalue weighted by atomic mass is 10.1. The monoisotopic (exact) mass is 462 g/mol. The Morgan fingerprint density at radius 1 is 1.06 bits per heavy atom. The predicted molar refractivity (Wildman–Crippen MR) is 126 cm³/mol. The van der Waals surface area contributed by atoms with E-state index >= 15 is 0 Å². The number of carbonyl (C=O) groups excluding carboxylic acids is 1. The number of carbonyl (C=O) groups is 2. The van der Waals surface area contributed by atoms with Gasteiger partial charge in [-0.1, -0.05) is 35.3 Å². The van der Waals surface area contributed by atoms with E-state index < -0.39 is 11.5 Å². The number of anilines is 1. The van der Waals surface area contributed by atoms with Crippen LogP contribution in [0.3, 0.4) is 0 Å². The van der Waals surface area contributed by atoms with Crippen molar-refractivity contribution < 1.29 is 14.7 Å². The highest BCUT2D eigenvalue weighted by Crippen LogP contribution is 2.25. The van der Waals surface area contributed by atoms with Gasteiger partial charge in [0.2, 0.25) is 0 Å². The maximum atomic E-state index is 12.1. The first-order valence-corrected chi connectivity index (χ1v) is 10.4. The summed E-state index contributed by atoms with van der Waals surface area (Å²) in [5, 5.41) is 13.7. The van der Waals surface area contributed by atoms with Gasteiger partial charge in [-0.25, -0.2) is 4.79 Å². The quantitative estimate of drug-likeness (QED) is 0.460. The molecule has 0 atom stereocenters. The molecule has 0 radical (unpaired) electrons. The molecule has 3 aromatic rings. The number of carboxylic acid groups (broad SMARTS) is 1. The Labute approximate surface area is 190 Å². The SMILES string of the molecule is CC(C)Nc1cccc(Cl)c1C=O.CC(C)n1c(=O)c(C(=O)O)cc2c(Cl)cccc21. The van der Waals surface area contributed by atoms with Gasteiger partial charge in [-0.05, 0) is 58.0 Å². The molecule has 164 valence electrons. The van der Waals surface area contributed by atoms with Crippen molar-refractivity contribution in [1.29, 1.82) is 0 Å². The van der Waals surface area contributed by atoms with Gasteiger partial charge in [0.15, 0.2) is 6.29 Å². The molecule has 1 aromatic heterocycles. The van der Waals surface area contributed by atoms with Crippen molar-refractivity contribution in [3.05, 3.63) is 74.0 Å². The van der Waals surface area contributed by atoms with E-state index in [2.05, 4.69) is 5.32 Å². The molecule has 0 aliphatic rings. The number of benzene rings is 2. The molecule has 0 unspecified atom stereocenters. The van der Waals surface area contributed by atoms with Gasteiger partial charge in [-0.15, -0.1) is 0 Å². The molecular weight excluding hydrogens is 439 g/mol. The zero-order valence-corrected chi connectivity index (χ0v) is 19.2. The standard InChI is InChI=1S/C13H12ClNO3.C10H12ClNO/c1-7(2)15-11-5-3-4-10(14)8(11)6-9(12(15)16)13(17)18;1-7(2)12-10-5-3-4-9(11)8(10)6-13/h3-7H,1-2H3,(H,17,18);3-7,12H,1-2H3. The summed E-state index contributed by atoms with van der Waals surface area (Å²) in [4.78, 5) is 33.9. The molecule has 0 fully saturated rings. The summed E-state index contributed by atoms with van der Waals surface area (Å²) in [6.45, 7) is 7.67. The van der Waals surface area contributed by atoms with Crippen LogP contribution in [0.5, 0.6) is 0 Å². The number of hydrogen-bond donors (Lipinski definition) is 2. The van der Waals surface area contributed by atoms with E-state index in [1.54, 1.807) is 24.3 Å². The zero-order valence-electron chi connectivity index (χ0n) is 17.6. The fourth-order valence-corrected chi connectivity index (χ4v) is 3.53. The molecule has 1 heterocycles. The van der Waals surface area contributed by atoms with Crippen molar-refractivity contribution in [2.75, 3.05) is 5.32 Å². The number of aromatic carboxylic acids is 1. The molecule has 0 spiro atoms. The number of aldehydes is 1. The summed E-state index contributed by atoms with van der Waals surface area (Å²) in [5.74, 6) is -1.24. The van der Waals surface area contributed by atoms with Crippen LogP contribution in [0.15, 0.2) is 47.3 Å². The molecular formula is C23H24Cl2N2O4. The lowest BCUT2D eigenvalue weighted by Gasteiger charge is -2.15. The summed E-state index contributed by atoms with van der Waals surface area (Å²) in [6.07, 6.45) is 0.771. The number of carboxylic acids is 1. The van der Waals surface area contributed by atoms with Crippen molar-refractivity contribution in [2.24, 2.45) is 0 Å². The number of hydrogen-bond acceptors (Lipinski definition) is 4. The fourth-order valence-electron chi connectivity index (χ4n) is 3.08. The fraction of sp³-hybridized carbons (Fsp3) is 0.261. The molecule has 0 saturated heterocycles. The van der Waals surface area contributed by atoms with Crippen LogP contribution in [-0.2, 0) is 0 Å². The smallest absolute Gasteiger partial charge is 0.341 e. The molecule has 0 amide bonds. The number of halogens is 2. The second-order valence-electron chi connectivity index (χ2n) is 7.42. The summed E-state index contributed by atoms with van der Waals surface area (Å²) in [7, 11) is 0. The first-order chi connectivity index (χ1) is 14.6. The third kappa shape index (κ3) is 5.66. The summed E-state index contributed by atoms with van der Waals surface area (Å²) >= 11 is 11.9. The minimum atomic E-state index is -1.24. The van der Waals surface area contributed by atoms with Gasteiger partial charge in [-0.3, -0.25) is 9.59 Å². The first-order valence-electron chi connectivity index (χ1n) is 9.65. The number of fused-ring (bicyclic) bond motifs is 1. The summed E-state index contributed by atoms with van der Waals surface area (Å²) in [5.41, 5.74) is 1.19. The van der Waals surface area contributed by atoms with Crippen molar-refractivity contribution in [3.8, 4) is 0 Å². The number of nitrogens with zero attached hydrogens (tertiary/aromatic N) is 1. The number of nitrogens with one attached hydrogen (secondary N) is 1. The Morgan fingerprint density at radius 2 is 1.68 bits per heavy atom. The third-order valence-corrected chi connectivity index (χ3v) is 5.05. The average Bonchev–Trinajstić information content (AvgIpc) is 2.67. The third-order valence-electron chi connectivity index (χ3n) is 4.39. The highest BCUT2D eigenvalue weighted by molar-refractivity contribution is 6.35. The van der Waals surface area contributed by atoms with E-state index in [9.17, 15) is 14.4 Å². The number of pyridine rings is 1. The van der Waals surface area contributed by atoms with Crippen LogP contribution >= 0.6 is 23.2 Å².